The van der Waals surface area contributed by atoms with Crippen LogP contribution in [0.3, 0.4) is 0 Å². The fourth-order valence-corrected chi connectivity index (χ4v) is 1.94. The summed E-state index contributed by atoms with van der Waals surface area (Å²) in [4.78, 5) is 2.50. The smallest absolute Gasteiger partial charge is 0.0594 e. The van der Waals surface area contributed by atoms with Crippen molar-refractivity contribution in [3.8, 4) is 0 Å². The molecule has 0 spiro atoms. The SMILES string of the molecule is NC[C@@H]1C[C@@H]1CN1CCOCC1. The molecule has 1 aliphatic heterocycles. The molecule has 2 fully saturated rings. The Morgan fingerprint density at radius 2 is 2.00 bits per heavy atom. The number of rotatable bonds is 3. The monoisotopic (exact) mass is 170 g/mol. The van der Waals surface area contributed by atoms with E-state index in [1.165, 1.54) is 13.0 Å². The van der Waals surface area contributed by atoms with Gasteiger partial charge >= 0.3 is 0 Å². The molecule has 0 amide bonds. The van der Waals surface area contributed by atoms with Crippen LogP contribution in [0.5, 0.6) is 0 Å². The van der Waals surface area contributed by atoms with E-state index in [1.807, 2.05) is 0 Å². The van der Waals surface area contributed by atoms with Crippen molar-refractivity contribution in [2.45, 2.75) is 6.42 Å². The maximum absolute atomic E-state index is 5.59. The molecule has 3 nitrogen and oxygen atoms in total. The summed E-state index contributed by atoms with van der Waals surface area (Å²) in [5.41, 5.74) is 5.59. The van der Waals surface area contributed by atoms with Crippen molar-refractivity contribution in [3.63, 3.8) is 0 Å². The third-order valence-electron chi connectivity index (χ3n) is 2.97. The van der Waals surface area contributed by atoms with Crippen LogP contribution in [0.4, 0.5) is 0 Å². The van der Waals surface area contributed by atoms with Gasteiger partial charge in [0, 0.05) is 19.6 Å². The Morgan fingerprint density at radius 1 is 1.25 bits per heavy atom. The van der Waals surface area contributed by atoms with Gasteiger partial charge in [-0.05, 0) is 24.8 Å². The predicted octanol–water partition coefficient (Wildman–Crippen LogP) is -0.0866. The summed E-state index contributed by atoms with van der Waals surface area (Å²) in [6.07, 6.45) is 1.36. The second-order valence-corrected chi connectivity index (χ2v) is 3.90. The second-order valence-electron chi connectivity index (χ2n) is 3.90. The number of hydrogen-bond acceptors (Lipinski definition) is 3. The van der Waals surface area contributed by atoms with Gasteiger partial charge in [-0.15, -0.1) is 0 Å². The third kappa shape index (κ3) is 1.97. The zero-order valence-electron chi connectivity index (χ0n) is 7.54. The summed E-state index contributed by atoms with van der Waals surface area (Å²) >= 11 is 0. The summed E-state index contributed by atoms with van der Waals surface area (Å²) in [7, 11) is 0. The van der Waals surface area contributed by atoms with Crippen molar-refractivity contribution in [1.29, 1.82) is 0 Å². The van der Waals surface area contributed by atoms with Crippen LogP contribution in [0.15, 0.2) is 0 Å². The molecule has 0 bridgehead atoms. The highest BCUT2D eigenvalue weighted by molar-refractivity contribution is 4.89. The van der Waals surface area contributed by atoms with Gasteiger partial charge in [-0.3, -0.25) is 4.90 Å². The largest absolute Gasteiger partial charge is 0.379 e. The molecule has 1 saturated heterocycles. The highest BCUT2D eigenvalue weighted by atomic mass is 16.5. The van der Waals surface area contributed by atoms with E-state index < -0.39 is 0 Å². The molecule has 0 aromatic rings. The molecule has 1 saturated carbocycles. The normalized spacial score (nSPS) is 36.8. The molecule has 2 atom stereocenters. The lowest BCUT2D eigenvalue weighted by Crippen LogP contribution is -2.37. The standard InChI is InChI=1S/C9H18N2O/c10-6-8-5-9(8)7-11-1-3-12-4-2-11/h8-9H,1-7,10H2/t8-,9+/m0/s1. The topological polar surface area (TPSA) is 38.5 Å². The number of morpholine rings is 1. The van der Waals surface area contributed by atoms with E-state index in [-0.39, 0.29) is 0 Å². The Balaban J connectivity index is 1.66. The molecular formula is C9H18N2O. The first-order valence-electron chi connectivity index (χ1n) is 4.90. The summed E-state index contributed by atoms with van der Waals surface area (Å²) in [5, 5.41) is 0. The molecule has 1 heterocycles. The first-order chi connectivity index (χ1) is 5.90. The molecular weight excluding hydrogens is 152 g/mol. The van der Waals surface area contributed by atoms with Crippen molar-refractivity contribution >= 4 is 0 Å². The van der Waals surface area contributed by atoms with Crippen LogP contribution < -0.4 is 5.73 Å². The highest BCUT2D eigenvalue weighted by Gasteiger charge is 2.36. The van der Waals surface area contributed by atoms with E-state index in [9.17, 15) is 0 Å². The van der Waals surface area contributed by atoms with Crippen molar-refractivity contribution in [3.05, 3.63) is 0 Å². The van der Waals surface area contributed by atoms with Gasteiger partial charge in [-0.25, -0.2) is 0 Å². The van der Waals surface area contributed by atoms with Gasteiger partial charge in [0.05, 0.1) is 13.2 Å². The number of hydrogen-bond donors (Lipinski definition) is 1. The fourth-order valence-electron chi connectivity index (χ4n) is 1.94. The quantitative estimate of drug-likeness (QED) is 0.643. The average molecular weight is 170 g/mol. The maximum Gasteiger partial charge on any atom is 0.0594 e. The van der Waals surface area contributed by atoms with E-state index in [0.29, 0.717) is 0 Å². The number of nitrogens with zero attached hydrogens (tertiary/aromatic N) is 1. The van der Waals surface area contributed by atoms with Gasteiger partial charge in [-0.2, -0.15) is 0 Å². The highest BCUT2D eigenvalue weighted by Crippen LogP contribution is 2.37. The van der Waals surface area contributed by atoms with Crippen molar-refractivity contribution < 1.29 is 4.74 Å². The Hall–Kier alpha value is -0.120. The van der Waals surface area contributed by atoms with Crippen molar-refractivity contribution in [1.82, 2.24) is 4.90 Å². The molecule has 2 N–H and O–H groups in total. The molecule has 70 valence electrons. The van der Waals surface area contributed by atoms with E-state index in [4.69, 9.17) is 10.5 Å². The van der Waals surface area contributed by atoms with Crippen LogP contribution in [-0.2, 0) is 4.74 Å². The van der Waals surface area contributed by atoms with Crippen molar-refractivity contribution in [2.75, 3.05) is 39.4 Å². The molecule has 0 aromatic carbocycles. The van der Waals surface area contributed by atoms with Crippen LogP contribution >= 0.6 is 0 Å². The van der Waals surface area contributed by atoms with E-state index in [1.54, 1.807) is 0 Å². The average Bonchev–Trinajstić information content (AvgIpc) is 2.85. The van der Waals surface area contributed by atoms with Gasteiger partial charge in [0.15, 0.2) is 0 Å². The van der Waals surface area contributed by atoms with Gasteiger partial charge in [0.2, 0.25) is 0 Å². The molecule has 0 unspecified atom stereocenters. The first kappa shape index (κ1) is 8.48. The van der Waals surface area contributed by atoms with E-state index in [0.717, 1.165) is 44.7 Å². The zero-order chi connectivity index (χ0) is 8.39. The van der Waals surface area contributed by atoms with Gasteiger partial charge in [-0.1, -0.05) is 0 Å². The van der Waals surface area contributed by atoms with E-state index >= 15 is 0 Å². The van der Waals surface area contributed by atoms with Crippen LogP contribution in [-0.4, -0.2) is 44.3 Å². The molecule has 2 rings (SSSR count). The lowest BCUT2D eigenvalue weighted by molar-refractivity contribution is 0.0352. The lowest BCUT2D eigenvalue weighted by Gasteiger charge is -2.26. The third-order valence-corrected chi connectivity index (χ3v) is 2.97. The van der Waals surface area contributed by atoms with Crippen LogP contribution in [0.1, 0.15) is 6.42 Å². The lowest BCUT2D eigenvalue weighted by atomic mass is 10.3. The van der Waals surface area contributed by atoms with Crippen molar-refractivity contribution in [2.24, 2.45) is 17.6 Å². The van der Waals surface area contributed by atoms with Gasteiger partial charge in [0.25, 0.3) is 0 Å². The molecule has 2 aliphatic rings. The van der Waals surface area contributed by atoms with Gasteiger partial charge in [0.1, 0.15) is 0 Å². The Labute approximate surface area is 73.9 Å². The minimum Gasteiger partial charge on any atom is -0.379 e. The Kier molecular flexibility index (Phi) is 2.63. The summed E-state index contributed by atoms with van der Waals surface area (Å²) < 4.78 is 5.29. The second kappa shape index (κ2) is 3.73. The minimum absolute atomic E-state index is 0.827. The zero-order valence-corrected chi connectivity index (χ0v) is 7.54. The molecule has 12 heavy (non-hydrogen) atoms. The molecule has 1 aliphatic carbocycles. The van der Waals surface area contributed by atoms with Gasteiger partial charge < -0.3 is 10.5 Å². The number of nitrogens with two attached hydrogens (primary N) is 1. The van der Waals surface area contributed by atoms with Crippen LogP contribution in [0, 0.1) is 11.8 Å². The Bertz CT molecular complexity index is 145. The Morgan fingerprint density at radius 3 is 2.58 bits per heavy atom. The first-order valence-corrected chi connectivity index (χ1v) is 4.90. The minimum atomic E-state index is 0.827. The van der Waals surface area contributed by atoms with Crippen LogP contribution in [0.2, 0.25) is 0 Å². The summed E-state index contributed by atoms with van der Waals surface area (Å²) in [6, 6.07) is 0. The maximum atomic E-state index is 5.59. The van der Waals surface area contributed by atoms with Crippen LogP contribution in [0.25, 0.3) is 0 Å². The summed E-state index contributed by atoms with van der Waals surface area (Å²) in [6.45, 7) is 6.21. The predicted molar refractivity (Wildman–Crippen MR) is 47.9 cm³/mol. The summed E-state index contributed by atoms with van der Waals surface area (Å²) in [5.74, 6) is 1.72. The van der Waals surface area contributed by atoms with E-state index in [2.05, 4.69) is 4.90 Å². The molecule has 0 aromatic heterocycles. The molecule has 3 heteroatoms. The fraction of sp³-hybridized carbons (Fsp3) is 1.00. The number of ether oxygens (including phenoxy) is 1. The molecule has 0 radical (unpaired) electrons.